The second-order valence-corrected chi connectivity index (χ2v) is 5.91. The third-order valence-electron chi connectivity index (χ3n) is 4.19. The molecule has 1 unspecified atom stereocenters. The van der Waals surface area contributed by atoms with Crippen molar-refractivity contribution in [3.05, 3.63) is 17.8 Å². The Bertz CT molecular complexity index is 487. The second kappa shape index (κ2) is 4.56. The number of aromatic nitrogens is 2. The van der Waals surface area contributed by atoms with Crippen LogP contribution in [0.5, 0.6) is 0 Å². The first-order valence-corrected chi connectivity index (χ1v) is 6.46. The van der Waals surface area contributed by atoms with E-state index in [0.29, 0.717) is 11.1 Å². The molecule has 1 atom stereocenters. The molecule has 2 rings (SSSR count). The van der Waals surface area contributed by atoms with Crippen LogP contribution in [0.25, 0.3) is 0 Å². The molecule has 0 radical (unpaired) electrons. The summed E-state index contributed by atoms with van der Waals surface area (Å²) < 4.78 is 1.65. The maximum absolute atomic E-state index is 8.91. The highest BCUT2D eigenvalue weighted by molar-refractivity contribution is 5.38. The zero-order valence-corrected chi connectivity index (χ0v) is 11.6. The molecule has 1 fully saturated rings. The van der Waals surface area contributed by atoms with Crippen molar-refractivity contribution in [2.24, 2.45) is 18.4 Å². The van der Waals surface area contributed by atoms with Crippen LogP contribution < -0.4 is 9.58 Å². The Morgan fingerprint density at radius 1 is 1.50 bits per heavy atom. The van der Waals surface area contributed by atoms with Crippen LogP contribution in [0.2, 0.25) is 0 Å². The van der Waals surface area contributed by atoms with Gasteiger partial charge in [-0.05, 0) is 23.8 Å². The molecule has 1 aliphatic heterocycles. The zero-order valence-electron chi connectivity index (χ0n) is 11.6. The van der Waals surface area contributed by atoms with E-state index in [1.807, 2.05) is 19.2 Å². The zero-order chi connectivity index (χ0) is 13.3. The van der Waals surface area contributed by atoms with Crippen LogP contribution in [0, 0.1) is 22.7 Å². The number of anilines is 1. The minimum Gasteiger partial charge on any atom is -0.351 e. The minimum atomic E-state index is 0.312. The van der Waals surface area contributed by atoms with Crippen LogP contribution >= 0.6 is 0 Å². The van der Waals surface area contributed by atoms with Crippen LogP contribution in [-0.2, 0) is 7.05 Å². The number of rotatable bonds is 1. The van der Waals surface area contributed by atoms with E-state index >= 15 is 0 Å². The average molecular weight is 245 g/mol. The predicted octanol–water partition coefficient (Wildman–Crippen LogP) is 1.65. The fourth-order valence-corrected chi connectivity index (χ4v) is 2.44. The lowest BCUT2D eigenvalue weighted by molar-refractivity contribution is -0.732. The first-order chi connectivity index (χ1) is 8.44. The molecule has 0 aromatic carbocycles. The van der Waals surface area contributed by atoms with E-state index in [1.54, 1.807) is 4.68 Å². The number of nitrogens with zero attached hydrogens (tertiary/aromatic N) is 4. The second-order valence-electron chi connectivity index (χ2n) is 5.91. The van der Waals surface area contributed by atoms with Crippen molar-refractivity contribution in [3.8, 4) is 6.07 Å². The van der Waals surface area contributed by atoms with E-state index in [2.05, 4.69) is 36.8 Å². The lowest BCUT2D eigenvalue weighted by atomic mass is 9.75. The summed E-state index contributed by atoms with van der Waals surface area (Å²) in [5.41, 5.74) is 0.898. The van der Waals surface area contributed by atoms with E-state index < -0.39 is 0 Å². The van der Waals surface area contributed by atoms with E-state index in [4.69, 9.17) is 5.26 Å². The first kappa shape index (κ1) is 12.8. The summed E-state index contributed by atoms with van der Waals surface area (Å²) in [6, 6.07) is 5.92. The van der Waals surface area contributed by atoms with Gasteiger partial charge in [0.2, 0.25) is 0 Å². The van der Waals surface area contributed by atoms with E-state index in [-0.39, 0.29) is 0 Å². The standard InChI is InChI=1S/C14H21N4/c1-11-7-8-18(10-14(11,2)3)13-6-5-12(9-15)17(4)16-13/h5-6,11H,7-8,10H2,1-4H3/q+1. The highest BCUT2D eigenvalue weighted by Gasteiger charge is 2.34. The van der Waals surface area contributed by atoms with Crippen LogP contribution in [0.4, 0.5) is 5.82 Å². The Morgan fingerprint density at radius 2 is 2.22 bits per heavy atom. The summed E-state index contributed by atoms with van der Waals surface area (Å²) in [4.78, 5) is 2.32. The van der Waals surface area contributed by atoms with E-state index in [9.17, 15) is 0 Å². The fourth-order valence-electron chi connectivity index (χ4n) is 2.44. The Morgan fingerprint density at radius 3 is 2.78 bits per heavy atom. The monoisotopic (exact) mass is 245 g/mol. The number of hydrogen-bond donors (Lipinski definition) is 0. The van der Waals surface area contributed by atoms with Gasteiger partial charge in [-0.3, -0.25) is 0 Å². The smallest absolute Gasteiger partial charge is 0.308 e. The summed E-state index contributed by atoms with van der Waals surface area (Å²) in [5.74, 6) is 1.71. The molecule has 0 bridgehead atoms. The van der Waals surface area contributed by atoms with Gasteiger partial charge in [-0.1, -0.05) is 25.5 Å². The summed E-state index contributed by atoms with van der Waals surface area (Å²) in [6.07, 6.45) is 1.19. The Kier molecular flexibility index (Phi) is 3.25. The number of hydrogen-bond acceptors (Lipinski definition) is 3. The molecule has 96 valence electrons. The van der Waals surface area contributed by atoms with Crippen molar-refractivity contribution in [2.45, 2.75) is 27.2 Å². The Balaban J connectivity index is 2.23. The highest BCUT2D eigenvalue weighted by Crippen LogP contribution is 2.35. The molecular weight excluding hydrogens is 224 g/mol. The van der Waals surface area contributed by atoms with Crippen molar-refractivity contribution in [2.75, 3.05) is 18.0 Å². The number of nitriles is 1. The van der Waals surface area contributed by atoms with Crippen LogP contribution in [0.3, 0.4) is 0 Å². The normalized spacial score (nSPS) is 22.6. The molecule has 4 nitrogen and oxygen atoms in total. The van der Waals surface area contributed by atoms with Gasteiger partial charge in [0.15, 0.2) is 18.9 Å². The van der Waals surface area contributed by atoms with Crippen molar-refractivity contribution in [1.82, 2.24) is 5.10 Å². The molecule has 0 spiro atoms. The Labute approximate surface area is 109 Å². The minimum absolute atomic E-state index is 0.312. The van der Waals surface area contributed by atoms with Gasteiger partial charge in [-0.15, -0.1) is 0 Å². The van der Waals surface area contributed by atoms with Crippen molar-refractivity contribution >= 4 is 5.82 Å². The van der Waals surface area contributed by atoms with Gasteiger partial charge < -0.3 is 4.90 Å². The SMILES string of the molecule is CC1CCN(c2ccc(C#N)[n+](C)n2)CC1(C)C. The van der Waals surface area contributed by atoms with Gasteiger partial charge >= 0.3 is 5.69 Å². The van der Waals surface area contributed by atoms with Crippen molar-refractivity contribution in [1.29, 1.82) is 5.26 Å². The summed E-state index contributed by atoms with van der Waals surface area (Å²) in [7, 11) is 1.82. The molecule has 18 heavy (non-hydrogen) atoms. The van der Waals surface area contributed by atoms with Crippen molar-refractivity contribution < 1.29 is 4.68 Å². The molecule has 1 aliphatic rings. The molecule has 1 aromatic rings. The van der Waals surface area contributed by atoms with Crippen LogP contribution in [-0.4, -0.2) is 18.2 Å². The van der Waals surface area contributed by atoms with Gasteiger partial charge in [-0.25, -0.2) is 0 Å². The van der Waals surface area contributed by atoms with E-state index in [0.717, 1.165) is 24.8 Å². The van der Waals surface area contributed by atoms with E-state index in [1.165, 1.54) is 6.42 Å². The third kappa shape index (κ3) is 2.31. The van der Waals surface area contributed by atoms with Crippen LogP contribution in [0.15, 0.2) is 12.1 Å². The van der Waals surface area contributed by atoms with Gasteiger partial charge in [-0.2, -0.15) is 5.26 Å². The summed E-state index contributed by atoms with van der Waals surface area (Å²) in [5, 5.41) is 13.4. The highest BCUT2D eigenvalue weighted by atomic mass is 15.3. The number of aryl methyl sites for hydroxylation is 1. The van der Waals surface area contributed by atoms with Gasteiger partial charge in [0.1, 0.15) is 0 Å². The molecular formula is C14H21N4+. The molecule has 1 aromatic heterocycles. The Hall–Kier alpha value is -1.63. The topological polar surface area (TPSA) is 43.8 Å². The van der Waals surface area contributed by atoms with Gasteiger partial charge in [0.25, 0.3) is 0 Å². The lowest BCUT2D eigenvalue weighted by Gasteiger charge is -2.42. The van der Waals surface area contributed by atoms with Gasteiger partial charge in [0, 0.05) is 24.3 Å². The largest absolute Gasteiger partial charge is 0.351 e. The number of piperidine rings is 1. The summed E-state index contributed by atoms with van der Waals surface area (Å²) in [6.45, 7) is 9.01. The maximum atomic E-state index is 8.91. The fraction of sp³-hybridized carbons (Fsp3) is 0.643. The molecule has 1 saturated heterocycles. The molecule has 4 heteroatoms. The van der Waals surface area contributed by atoms with Gasteiger partial charge in [0.05, 0.1) is 0 Å². The molecule has 2 heterocycles. The quantitative estimate of drug-likeness (QED) is 0.707. The van der Waals surface area contributed by atoms with Crippen LogP contribution in [0.1, 0.15) is 32.9 Å². The molecule has 0 amide bonds. The van der Waals surface area contributed by atoms with Crippen molar-refractivity contribution in [3.63, 3.8) is 0 Å². The third-order valence-corrected chi connectivity index (χ3v) is 4.19. The first-order valence-electron chi connectivity index (χ1n) is 6.46. The maximum Gasteiger partial charge on any atom is 0.308 e. The average Bonchev–Trinajstić information content (AvgIpc) is 2.32. The molecule has 0 saturated carbocycles. The molecule has 0 N–H and O–H groups in total. The molecule has 0 aliphatic carbocycles. The lowest BCUT2D eigenvalue weighted by Crippen LogP contribution is -2.47. The predicted molar refractivity (Wildman–Crippen MR) is 69.9 cm³/mol. The summed E-state index contributed by atoms with van der Waals surface area (Å²) >= 11 is 0.